The van der Waals surface area contributed by atoms with Gasteiger partial charge in [0.15, 0.2) is 11.8 Å². The Kier molecular flexibility index (Phi) is 7.34. The molecule has 2 aliphatic rings. The number of nitrogens with one attached hydrogen (secondary N) is 3. The maximum absolute atomic E-state index is 4.84. The number of benzene rings is 1. The lowest BCUT2D eigenvalue weighted by atomic mass is 9.92. The van der Waals surface area contributed by atoms with Gasteiger partial charge in [-0.15, -0.1) is 0 Å². The van der Waals surface area contributed by atoms with Crippen molar-refractivity contribution >= 4 is 5.96 Å². The Morgan fingerprint density at radius 2 is 2.00 bits per heavy atom. The van der Waals surface area contributed by atoms with Crippen molar-refractivity contribution in [1.29, 1.82) is 0 Å². The SMILES string of the molecule is CCNC(=NCc1cccc(-c2ncn[nH]2)c1)NC1CCN(C2CCCCC2)CC1. The van der Waals surface area contributed by atoms with E-state index in [1.165, 1.54) is 64.4 Å². The largest absolute Gasteiger partial charge is 0.357 e. The Morgan fingerprint density at radius 1 is 1.17 bits per heavy atom. The fourth-order valence-corrected chi connectivity index (χ4v) is 4.70. The molecule has 2 aromatic rings. The van der Waals surface area contributed by atoms with Gasteiger partial charge < -0.3 is 15.5 Å². The molecule has 1 aliphatic heterocycles. The monoisotopic (exact) mass is 409 g/mol. The van der Waals surface area contributed by atoms with E-state index in [-0.39, 0.29) is 0 Å². The molecule has 7 nitrogen and oxygen atoms in total. The first-order valence-electron chi connectivity index (χ1n) is 11.6. The van der Waals surface area contributed by atoms with Crippen molar-refractivity contribution in [1.82, 2.24) is 30.7 Å². The third kappa shape index (κ3) is 5.59. The van der Waals surface area contributed by atoms with Crippen molar-refractivity contribution in [3.05, 3.63) is 36.2 Å². The molecule has 1 saturated heterocycles. The van der Waals surface area contributed by atoms with Crippen LogP contribution in [-0.4, -0.2) is 57.8 Å². The number of nitrogens with zero attached hydrogens (tertiary/aromatic N) is 4. The average molecular weight is 410 g/mol. The lowest BCUT2D eigenvalue weighted by Crippen LogP contribution is -2.50. The molecular formula is C23H35N7. The number of aromatic nitrogens is 3. The van der Waals surface area contributed by atoms with Crippen LogP contribution in [0.5, 0.6) is 0 Å². The van der Waals surface area contributed by atoms with Gasteiger partial charge in [0.2, 0.25) is 0 Å². The Bertz CT molecular complexity index is 788. The first-order chi connectivity index (χ1) is 14.8. The van der Waals surface area contributed by atoms with E-state index >= 15 is 0 Å². The van der Waals surface area contributed by atoms with Gasteiger partial charge in [-0.3, -0.25) is 5.10 Å². The summed E-state index contributed by atoms with van der Waals surface area (Å²) in [4.78, 5) is 11.8. The standard InChI is InChI=1S/C23H35N7/c1-2-24-23(25-16-18-7-6-8-19(15-18)22-26-17-27-29-22)28-20-11-13-30(14-12-20)21-9-4-3-5-10-21/h6-8,15,17,20-21H,2-5,9-14,16H2,1H3,(H2,24,25,28)(H,26,27,29). The third-order valence-corrected chi connectivity index (χ3v) is 6.34. The Hall–Kier alpha value is -2.41. The summed E-state index contributed by atoms with van der Waals surface area (Å²) >= 11 is 0. The molecule has 3 N–H and O–H groups in total. The molecule has 0 bridgehead atoms. The van der Waals surface area contributed by atoms with E-state index in [0.29, 0.717) is 12.6 Å². The highest BCUT2D eigenvalue weighted by Gasteiger charge is 2.26. The predicted octanol–water partition coefficient (Wildman–Crippen LogP) is 3.32. The van der Waals surface area contributed by atoms with Gasteiger partial charge in [0.05, 0.1) is 6.54 Å². The zero-order valence-corrected chi connectivity index (χ0v) is 18.1. The summed E-state index contributed by atoms with van der Waals surface area (Å²) in [5.41, 5.74) is 2.20. The summed E-state index contributed by atoms with van der Waals surface area (Å²) in [6.07, 6.45) is 11.0. The Balaban J connectivity index is 1.31. The molecule has 0 atom stereocenters. The minimum Gasteiger partial charge on any atom is -0.357 e. The smallest absolute Gasteiger partial charge is 0.191 e. The molecular weight excluding hydrogens is 374 g/mol. The minimum atomic E-state index is 0.503. The summed E-state index contributed by atoms with van der Waals surface area (Å²) in [5.74, 6) is 1.70. The average Bonchev–Trinajstić information content (AvgIpc) is 3.34. The van der Waals surface area contributed by atoms with Crippen LogP contribution in [0, 0.1) is 0 Å². The van der Waals surface area contributed by atoms with E-state index in [0.717, 1.165) is 35.5 Å². The summed E-state index contributed by atoms with van der Waals surface area (Å²) in [6, 6.07) is 9.65. The van der Waals surface area contributed by atoms with Crippen molar-refractivity contribution < 1.29 is 0 Å². The van der Waals surface area contributed by atoms with Crippen LogP contribution in [0.15, 0.2) is 35.6 Å². The van der Waals surface area contributed by atoms with Gasteiger partial charge in [-0.25, -0.2) is 9.98 Å². The van der Waals surface area contributed by atoms with E-state index < -0.39 is 0 Å². The van der Waals surface area contributed by atoms with Crippen LogP contribution in [0.3, 0.4) is 0 Å². The Morgan fingerprint density at radius 3 is 2.73 bits per heavy atom. The first-order valence-corrected chi connectivity index (χ1v) is 11.6. The number of aromatic amines is 1. The lowest BCUT2D eigenvalue weighted by Gasteiger charge is -2.39. The van der Waals surface area contributed by atoms with Gasteiger partial charge in [0.1, 0.15) is 6.33 Å². The molecule has 2 heterocycles. The molecule has 2 fully saturated rings. The first kappa shape index (κ1) is 20.8. The normalized spacial score (nSPS) is 19.7. The van der Waals surface area contributed by atoms with Crippen LogP contribution >= 0.6 is 0 Å². The highest BCUT2D eigenvalue weighted by Crippen LogP contribution is 2.25. The van der Waals surface area contributed by atoms with Crippen LogP contribution in [0.1, 0.15) is 57.4 Å². The second-order valence-corrected chi connectivity index (χ2v) is 8.48. The second-order valence-electron chi connectivity index (χ2n) is 8.48. The van der Waals surface area contributed by atoms with E-state index in [2.05, 4.69) is 49.8 Å². The van der Waals surface area contributed by atoms with Gasteiger partial charge in [-0.05, 0) is 44.2 Å². The molecule has 1 aromatic heterocycles. The van der Waals surface area contributed by atoms with E-state index in [1.807, 2.05) is 12.1 Å². The minimum absolute atomic E-state index is 0.503. The van der Waals surface area contributed by atoms with Gasteiger partial charge >= 0.3 is 0 Å². The number of likely N-dealkylation sites (tertiary alicyclic amines) is 1. The number of piperidine rings is 1. The molecule has 1 saturated carbocycles. The second kappa shape index (κ2) is 10.6. The molecule has 0 unspecified atom stereocenters. The van der Waals surface area contributed by atoms with Gasteiger partial charge in [-0.2, -0.15) is 5.10 Å². The van der Waals surface area contributed by atoms with Gasteiger partial charge in [-0.1, -0.05) is 37.5 Å². The zero-order chi connectivity index (χ0) is 20.6. The summed E-state index contributed by atoms with van der Waals surface area (Å²) < 4.78 is 0. The fraction of sp³-hybridized carbons (Fsp3) is 0.609. The van der Waals surface area contributed by atoms with Crippen LogP contribution < -0.4 is 10.6 Å². The molecule has 30 heavy (non-hydrogen) atoms. The maximum Gasteiger partial charge on any atom is 0.191 e. The van der Waals surface area contributed by atoms with E-state index in [1.54, 1.807) is 0 Å². The maximum atomic E-state index is 4.84. The molecule has 4 rings (SSSR count). The molecule has 7 heteroatoms. The van der Waals surface area contributed by atoms with Crippen molar-refractivity contribution in [2.45, 2.75) is 70.5 Å². The summed E-state index contributed by atoms with van der Waals surface area (Å²) in [7, 11) is 0. The molecule has 0 amide bonds. The predicted molar refractivity (Wildman–Crippen MR) is 121 cm³/mol. The summed E-state index contributed by atoms with van der Waals surface area (Å²) in [6.45, 7) is 6.04. The number of H-pyrrole nitrogens is 1. The zero-order valence-electron chi connectivity index (χ0n) is 18.1. The number of hydrogen-bond donors (Lipinski definition) is 3. The van der Waals surface area contributed by atoms with Crippen molar-refractivity contribution in [2.24, 2.45) is 4.99 Å². The molecule has 1 aliphatic carbocycles. The van der Waals surface area contributed by atoms with Crippen LogP contribution in [0.2, 0.25) is 0 Å². The topological polar surface area (TPSA) is 81.2 Å². The molecule has 0 radical (unpaired) electrons. The van der Waals surface area contributed by atoms with Crippen molar-refractivity contribution in [3.63, 3.8) is 0 Å². The van der Waals surface area contributed by atoms with Gasteiger partial charge in [0.25, 0.3) is 0 Å². The van der Waals surface area contributed by atoms with Crippen LogP contribution in [0.4, 0.5) is 0 Å². The van der Waals surface area contributed by atoms with E-state index in [4.69, 9.17) is 4.99 Å². The highest BCUT2D eigenvalue weighted by molar-refractivity contribution is 5.80. The highest BCUT2D eigenvalue weighted by atomic mass is 15.2. The molecule has 162 valence electrons. The van der Waals surface area contributed by atoms with Gasteiger partial charge in [0, 0.05) is 37.3 Å². The molecule has 1 aromatic carbocycles. The summed E-state index contributed by atoms with van der Waals surface area (Å²) in [5, 5.41) is 14.0. The third-order valence-electron chi connectivity index (χ3n) is 6.34. The number of rotatable bonds is 6. The number of guanidine groups is 1. The number of hydrogen-bond acceptors (Lipinski definition) is 4. The lowest BCUT2D eigenvalue weighted by molar-refractivity contribution is 0.119. The van der Waals surface area contributed by atoms with Crippen LogP contribution in [0.25, 0.3) is 11.4 Å². The number of aliphatic imine (C=N–C) groups is 1. The molecule has 0 spiro atoms. The quantitative estimate of drug-likeness (QED) is 0.504. The Labute approximate surface area is 179 Å². The van der Waals surface area contributed by atoms with Crippen molar-refractivity contribution in [3.8, 4) is 11.4 Å². The fourth-order valence-electron chi connectivity index (χ4n) is 4.70. The van der Waals surface area contributed by atoms with Crippen molar-refractivity contribution in [2.75, 3.05) is 19.6 Å². The van der Waals surface area contributed by atoms with Crippen LogP contribution in [-0.2, 0) is 6.54 Å². The van der Waals surface area contributed by atoms with E-state index in [9.17, 15) is 0 Å².